The molecule has 1 aromatic rings. The van der Waals surface area contributed by atoms with Crippen LogP contribution in [0.4, 0.5) is 0 Å². The minimum atomic E-state index is 0. The van der Waals surface area contributed by atoms with Crippen molar-refractivity contribution in [2.45, 2.75) is 18.9 Å². The van der Waals surface area contributed by atoms with E-state index in [-0.39, 0.29) is 18.5 Å². The van der Waals surface area contributed by atoms with Gasteiger partial charge in [0, 0.05) is 6.54 Å². The van der Waals surface area contributed by atoms with Crippen molar-refractivity contribution < 1.29 is 4.74 Å². The van der Waals surface area contributed by atoms with Crippen LogP contribution < -0.4 is 10.1 Å². The van der Waals surface area contributed by atoms with Gasteiger partial charge >= 0.3 is 0 Å². The summed E-state index contributed by atoms with van der Waals surface area (Å²) in [5.74, 6) is 0.760. The summed E-state index contributed by atoms with van der Waals surface area (Å²) in [7, 11) is 0. The molecule has 14 heavy (non-hydrogen) atoms. The van der Waals surface area contributed by atoms with E-state index in [1.165, 1.54) is 12.7 Å². The molecule has 1 unspecified atom stereocenters. The summed E-state index contributed by atoms with van der Waals surface area (Å²) in [6.45, 7) is 2.03. The number of piperidine rings is 1. The van der Waals surface area contributed by atoms with Crippen LogP contribution in [0.15, 0.2) is 18.7 Å². The summed E-state index contributed by atoms with van der Waals surface area (Å²) >= 11 is 0. The molecule has 1 aliphatic rings. The number of ether oxygens (including phenoxy) is 1. The third-order valence-electron chi connectivity index (χ3n) is 2.09. The third kappa shape index (κ3) is 3.12. The van der Waals surface area contributed by atoms with Crippen molar-refractivity contribution in [2.24, 2.45) is 0 Å². The molecule has 1 saturated heterocycles. The Hall–Kier alpha value is -0.870. The van der Waals surface area contributed by atoms with Gasteiger partial charge in [0.2, 0.25) is 0 Å². The zero-order chi connectivity index (χ0) is 8.93. The van der Waals surface area contributed by atoms with Crippen molar-refractivity contribution in [3.8, 4) is 5.75 Å². The number of hydrogen-bond acceptors (Lipinski definition) is 4. The van der Waals surface area contributed by atoms with Gasteiger partial charge < -0.3 is 10.1 Å². The predicted octanol–water partition coefficient (Wildman–Crippen LogP) is 1.03. The van der Waals surface area contributed by atoms with Gasteiger partial charge in [0.25, 0.3) is 0 Å². The fourth-order valence-electron chi connectivity index (χ4n) is 1.46. The van der Waals surface area contributed by atoms with Crippen LogP contribution in [0, 0.1) is 0 Å². The molecule has 1 fully saturated rings. The topological polar surface area (TPSA) is 47.0 Å². The van der Waals surface area contributed by atoms with E-state index >= 15 is 0 Å². The van der Waals surface area contributed by atoms with Crippen LogP contribution in [0.5, 0.6) is 5.75 Å². The zero-order valence-corrected chi connectivity index (χ0v) is 8.67. The van der Waals surface area contributed by atoms with Crippen molar-refractivity contribution in [1.29, 1.82) is 0 Å². The molecule has 0 aromatic carbocycles. The lowest BCUT2D eigenvalue weighted by molar-refractivity contribution is 0.166. The second-order valence-corrected chi connectivity index (χ2v) is 3.16. The van der Waals surface area contributed by atoms with E-state index in [0.717, 1.165) is 25.3 Å². The number of halogens is 1. The largest absolute Gasteiger partial charge is 0.486 e. The zero-order valence-electron chi connectivity index (χ0n) is 7.85. The fourth-order valence-corrected chi connectivity index (χ4v) is 1.46. The maximum absolute atomic E-state index is 5.67. The highest BCUT2D eigenvalue weighted by molar-refractivity contribution is 5.85. The summed E-state index contributed by atoms with van der Waals surface area (Å²) < 4.78 is 5.67. The van der Waals surface area contributed by atoms with Crippen LogP contribution in [-0.2, 0) is 0 Å². The van der Waals surface area contributed by atoms with Crippen LogP contribution in [0.25, 0.3) is 0 Å². The van der Waals surface area contributed by atoms with Gasteiger partial charge in [-0.05, 0) is 19.4 Å². The van der Waals surface area contributed by atoms with Crippen LogP contribution >= 0.6 is 12.4 Å². The molecule has 2 rings (SSSR count). The second kappa shape index (κ2) is 5.78. The van der Waals surface area contributed by atoms with E-state index in [2.05, 4.69) is 15.3 Å². The molecule has 1 aromatic heterocycles. The molecule has 0 amide bonds. The number of rotatable bonds is 2. The van der Waals surface area contributed by atoms with Crippen LogP contribution in [0.1, 0.15) is 12.8 Å². The van der Waals surface area contributed by atoms with Gasteiger partial charge in [-0.1, -0.05) is 0 Å². The normalized spacial score (nSPS) is 21.0. The van der Waals surface area contributed by atoms with Gasteiger partial charge in [0.1, 0.15) is 12.4 Å². The SMILES string of the molecule is Cl.c1ncc(OC2CCCNC2)cn1. The molecule has 78 valence electrons. The highest BCUT2D eigenvalue weighted by atomic mass is 35.5. The molecule has 0 spiro atoms. The van der Waals surface area contributed by atoms with Gasteiger partial charge in [-0.25, -0.2) is 9.97 Å². The first-order valence-electron chi connectivity index (χ1n) is 4.57. The molecule has 0 saturated carbocycles. The first-order chi connectivity index (χ1) is 6.45. The van der Waals surface area contributed by atoms with Gasteiger partial charge in [-0.15, -0.1) is 12.4 Å². The van der Waals surface area contributed by atoms with E-state index in [0.29, 0.717) is 0 Å². The van der Waals surface area contributed by atoms with E-state index in [1.807, 2.05) is 0 Å². The lowest BCUT2D eigenvalue weighted by atomic mass is 10.1. The lowest BCUT2D eigenvalue weighted by Crippen LogP contribution is -2.37. The van der Waals surface area contributed by atoms with Gasteiger partial charge in [-0.3, -0.25) is 0 Å². The Kier molecular flexibility index (Phi) is 4.62. The number of hydrogen-bond donors (Lipinski definition) is 1. The summed E-state index contributed by atoms with van der Waals surface area (Å²) in [5, 5.41) is 3.29. The Balaban J connectivity index is 0.000000980. The smallest absolute Gasteiger partial charge is 0.156 e. The van der Waals surface area contributed by atoms with E-state index in [9.17, 15) is 0 Å². The molecule has 0 radical (unpaired) electrons. The second-order valence-electron chi connectivity index (χ2n) is 3.16. The first-order valence-corrected chi connectivity index (χ1v) is 4.57. The molecule has 1 N–H and O–H groups in total. The third-order valence-corrected chi connectivity index (χ3v) is 2.09. The lowest BCUT2D eigenvalue weighted by Gasteiger charge is -2.23. The Labute approximate surface area is 89.5 Å². The molecular formula is C9H14ClN3O. The van der Waals surface area contributed by atoms with E-state index in [4.69, 9.17) is 4.74 Å². The predicted molar refractivity (Wildman–Crippen MR) is 55.8 cm³/mol. The summed E-state index contributed by atoms with van der Waals surface area (Å²) in [4.78, 5) is 7.79. The standard InChI is InChI=1S/C9H13N3O.ClH/c1-2-8(4-10-3-1)13-9-5-11-7-12-6-9;/h5-8,10H,1-4H2;1H. The molecule has 4 nitrogen and oxygen atoms in total. The highest BCUT2D eigenvalue weighted by Crippen LogP contribution is 2.12. The van der Waals surface area contributed by atoms with Gasteiger partial charge in [0.05, 0.1) is 12.4 Å². The summed E-state index contributed by atoms with van der Waals surface area (Å²) in [6, 6.07) is 0. The quantitative estimate of drug-likeness (QED) is 0.801. The van der Waals surface area contributed by atoms with Crippen molar-refractivity contribution in [3.63, 3.8) is 0 Å². The van der Waals surface area contributed by atoms with Crippen LogP contribution in [0.2, 0.25) is 0 Å². The van der Waals surface area contributed by atoms with Gasteiger partial charge in [-0.2, -0.15) is 0 Å². The first kappa shape index (κ1) is 11.2. The van der Waals surface area contributed by atoms with Crippen molar-refractivity contribution in [1.82, 2.24) is 15.3 Å². The fraction of sp³-hybridized carbons (Fsp3) is 0.556. The molecule has 2 heterocycles. The van der Waals surface area contributed by atoms with Crippen LogP contribution in [-0.4, -0.2) is 29.2 Å². The van der Waals surface area contributed by atoms with Crippen LogP contribution in [0.3, 0.4) is 0 Å². The molecule has 0 bridgehead atoms. The molecular weight excluding hydrogens is 202 g/mol. The Morgan fingerprint density at radius 1 is 1.36 bits per heavy atom. The Bertz CT molecular complexity index is 251. The van der Waals surface area contributed by atoms with Crippen molar-refractivity contribution in [3.05, 3.63) is 18.7 Å². The van der Waals surface area contributed by atoms with Gasteiger partial charge in [0.15, 0.2) is 5.75 Å². The van der Waals surface area contributed by atoms with Crippen molar-refractivity contribution >= 4 is 12.4 Å². The van der Waals surface area contributed by atoms with E-state index in [1.54, 1.807) is 12.4 Å². The molecule has 1 atom stereocenters. The monoisotopic (exact) mass is 215 g/mol. The summed E-state index contributed by atoms with van der Waals surface area (Å²) in [6.07, 6.45) is 7.47. The number of aromatic nitrogens is 2. The highest BCUT2D eigenvalue weighted by Gasteiger charge is 2.13. The molecule has 0 aliphatic carbocycles. The average Bonchev–Trinajstić information content (AvgIpc) is 2.21. The Morgan fingerprint density at radius 2 is 2.14 bits per heavy atom. The number of nitrogens with zero attached hydrogens (tertiary/aromatic N) is 2. The number of nitrogens with one attached hydrogen (secondary N) is 1. The average molecular weight is 216 g/mol. The minimum absolute atomic E-state index is 0. The molecule has 5 heteroatoms. The minimum Gasteiger partial charge on any atom is -0.486 e. The maximum atomic E-state index is 5.67. The van der Waals surface area contributed by atoms with E-state index < -0.39 is 0 Å². The summed E-state index contributed by atoms with van der Waals surface area (Å²) in [5.41, 5.74) is 0. The maximum Gasteiger partial charge on any atom is 0.156 e. The van der Waals surface area contributed by atoms with Crippen molar-refractivity contribution in [2.75, 3.05) is 13.1 Å². The molecule has 1 aliphatic heterocycles. The Morgan fingerprint density at radius 3 is 2.79 bits per heavy atom.